The number of ether oxygens (including phenoxy) is 1. The molecule has 0 spiro atoms. The molecule has 1 amide bonds. The minimum atomic E-state index is -0.310. The number of nitrogens with one attached hydrogen (secondary N) is 1. The van der Waals surface area contributed by atoms with Crippen LogP contribution < -0.4 is 10.1 Å². The van der Waals surface area contributed by atoms with E-state index in [9.17, 15) is 9.90 Å². The van der Waals surface area contributed by atoms with Crippen molar-refractivity contribution < 1.29 is 14.6 Å². The largest absolute Gasteiger partial charge is 0.495 e. The molecule has 1 aliphatic carbocycles. The molecule has 0 radical (unpaired) electrons. The Morgan fingerprint density at radius 2 is 2.35 bits per heavy atom. The summed E-state index contributed by atoms with van der Waals surface area (Å²) in [4.78, 5) is 17.6. The second-order valence-electron chi connectivity index (χ2n) is 5.55. The van der Waals surface area contributed by atoms with Crippen molar-refractivity contribution in [2.24, 2.45) is 5.92 Å². The zero-order valence-corrected chi connectivity index (χ0v) is 12.7. The second kappa shape index (κ2) is 6.69. The van der Waals surface area contributed by atoms with Crippen LogP contribution >= 0.6 is 0 Å². The second-order valence-corrected chi connectivity index (χ2v) is 5.55. The van der Waals surface area contributed by atoms with Crippen molar-refractivity contribution in [1.82, 2.24) is 30.5 Å². The molecule has 0 aliphatic heterocycles. The van der Waals surface area contributed by atoms with Crippen molar-refractivity contribution in [3.63, 3.8) is 0 Å². The number of tetrazole rings is 1. The van der Waals surface area contributed by atoms with E-state index in [0.29, 0.717) is 18.6 Å². The van der Waals surface area contributed by atoms with E-state index in [2.05, 4.69) is 25.7 Å². The van der Waals surface area contributed by atoms with Crippen molar-refractivity contribution >= 4 is 5.91 Å². The number of carbonyl (C=O) groups excluding carboxylic acids is 1. The van der Waals surface area contributed by atoms with E-state index in [1.165, 1.54) is 11.1 Å². The highest BCUT2D eigenvalue weighted by atomic mass is 16.5. The first-order chi connectivity index (χ1) is 11.2. The van der Waals surface area contributed by atoms with Crippen LogP contribution in [-0.2, 0) is 11.3 Å². The number of pyridine rings is 1. The minimum Gasteiger partial charge on any atom is -0.495 e. The van der Waals surface area contributed by atoms with Gasteiger partial charge < -0.3 is 15.2 Å². The van der Waals surface area contributed by atoms with Gasteiger partial charge in [0.2, 0.25) is 5.91 Å². The van der Waals surface area contributed by atoms with Crippen LogP contribution in [-0.4, -0.2) is 49.4 Å². The Balaban J connectivity index is 1.74. The molecule has 2 aromatic rings. The summed E-state index contributed by atoms with van der Waals surface area (Å²) < 4.78 is 5.19. The molecular formula is C14H18N6O3. The van der Waals surface area contributed by atoms with Gasteiger partial charge in [-0.2, -0.15) is 4.80 Å². The molecule has 9 nitrogen and oxygen atoms in total. The fraction of sp³-hybridized carbons (Fsp3) is 0.500. The van der Waals surface area contributed by atoms with Gasteiger partial charge in [0.1, 0.15) is 12.3 Å². The average Bonchev–Trinajstić information content (AvgIpc) is 3.03. The van der Waals surface area contributed by atoms with Crippen LogP contribution in [0.5, 0.6) is 5.75 Å². The lowest BCUT2D eigenvalue weighted by molar-refractivity contribution is -0.124. The van der Waals surface area contributed by atoms with E-state index in [1.807, 2.05) is 6.07 Å². The van der Waals surface area contributed by atoms with E-state index < -0.39 is 0 Å². The number of aliphatic hydroxyl groups excluding tert-OH is 1. The van der Waals surface area contributed by atoms with Gasteiger partial charge in [0.15, 0.2) is 6.33 Å². The normalized spacial score (nSPS) is 21.3. The molecule has 1 aliphatic rings. The van der Waals surface area contributed by atoms with Gasteiger partial charge in [-0.1, -0.05) is 0 Å². The topological polar surface area (TPSA) is 115 Å². The fourth-order valence-electron chi connectivity index (χ4n) is 2.70. The van der Waals surface area contributed by atoms with Crippen molar-refractivity contribution in [3.8, 4) is 5.75 Å². The van der Waals surface area contributed by atoms with Crippen LogP contribution in [0, 0.1) is 5.92 Å². The van der Waals surface area contributed by atoms with Gasteiger partial charge in [0, 0.05) is 6.20 Å². The Morgan fingerprint density at radius 1 is 1.52 bits per heavy atom. The summed E-state index contributed by atoms with van der Waals surface area (Å²) in [7, 11) is 1.57. The maximum atomic E-state index is 12.2. The van der Waals surface area contributed by atoms with Crippen LogP contribution in [0.2, 0.25) is 0 Å². The molecule has 0 saturated heterocycles. The molecule has 1 atom stereocenters. The Labute approximate surface area is 132 Å². The van der Waals surface area contributed by atoms with Crippen LogP contribution in [0.1, 0.15) is 24.4 Å². The number of amides is 1. The molecule has 1 saturated carbocycles. The first-order valence-corrected chi connectivity index (χ1v) is 7.33. The summed E-state index contributed by atoms with van der Waals surface area (Å²) in [6, 6.07) is 1.60. The molecule has 9 heteroatoms. The van der Waals surface area contributed by atoms with E-state index in [-0.39, 0.29) is 30.5 Å². The quantitative estimate of drug-likeness (QED) is 0.751. The predicted octanol–water partition coefficient (Wildman–Crippen LogP) is -0.295. The highest BCUT2D eigenvalue weighted by Gasteiger charge is 2.36. The molecule has 3 rings (SSSR count). The highest BCUT2D eigenvalue weighted by Crippen LogP contribution is 2.38. The van der Waals surface area contributed by atoms with Gasteiger partial charge >= 0.3 is 0 Å². The van der Waals surface area contributed by atoms with E-state index in [1.54, 1.807) is 19.5 Å². The molecular weight excluding hydrogens is 300 g/mol. The van der Waals surface area contributed by atoms with E-state index >= 15 is 0 Å². The maximum absolute atomic E-state index is 12.2. The number of carbonyl (C=O) groups is 1. The lowest BCUT2D eigenvalue weighted by Crippen LogP contribution is -2.42. The summed E-state index contributed by atoms with van der Waals surface area (Å²) >= 11 is 0. The number of rotatable bonds is 6. The van der Waals surface area contributed by atoms with Gasteiger partial charge in [0.25, 0.3) is 0 Å². The lowest BCUT2D eigenvalue weighted by atomic mass is 9.75. The molecule has 0 aromatic carbocycles. The lowest BCUT2D eigenvalue weighted by Gasteiger charge is -2.38. The Bertz CT molecular complexity index is 656. The molecule has 2 N–H and O–H groups in total. The van der Waals surface area contributed by atoms with E-state index in [4.69, 9.17) is 4.74 Å². The highest BCUT2D eigenvalue weighted by molar-refractivity contribution is 5.76. The number of aliphatic hydroxyl groups is 1. The maximum Gasteiger partial charge on any atom is 0.244 e. The van der Waals surface area contributed by atoms with Gasteiger partial charge in [-0.15, -0.1) is 10.2 Å². The third-order valence-corrected chi connectivity index (χ3v) is 3.94. The average molecular weight is 318 g/mol. The van der Waals surface area contributed by atoms with Gasteiger partial charge in [-0.25, -0.2) is 0 Å². The Hall–Kier alpha value is -2.55. The van der Waals surface area contributed by atoms with Crippen molar-refractivity contribution in [3.05, 3.63) is 30.4 Å². The van der Waals surface area contributed by atoms with Gasteiger partial charge in [0.05, 0.1) is 25.5 Å². The van der Waals surface area contributed by atoms with Crippen molar-refractivity contribution in [1.29, 1.82) is 0 Å². The van der Waals surface area contributed by atoms with E-state index in [0.717, 1.165) is 5.56 Å². The summed E-state index contributed by atoms with van der Waals surface area (Å²) in [6.45, 7) is -0.0107. The molecule has 122 valence electrons. The molecule has 23 heavy (non-hydrogen) atoms. The predicted molar refractivity (Wildman–Crippen MR) is 78.2 cm³/mol. The van der Waals surface area contributed by atoms with Crippen molar-refractivity contribution in [2.45, 2.75) is 31.5 Å². The third kappa shape index (κ3) is 3.62. The first-order valence-electron chi connectivity index (χ1n) is 7.33. The number of hydrogen-bond donors (Lipinski definition) is 2. The molecule has 0 unspecified atom stereocenters. The summed E-state index contributed by atoms with van der Waals surface area (Å²) in [5, 5.41) is 23.6. The van der Waals surface area contributed by atoms with Gasteiger partial charge in [-0.05, 0) is 35.6 Å². The zero-order valence-electron chi connectivity index (χ0n) is 12.7. The molecule has 2 aromatic heterocycles. The van der Waals surface area contributed by atoms with Crippen molar-refractivity contribution in [2.75, 3.05) is 7.11 Å². The monoisotopic (exact) mass is 318 g/mol. The molecule has 0 bridgehead atoms. The molecule has 1 fully saturated rings. The first kappa shape index (κ1) is 15.3. The van der Waals surface area contributed by atoms with Crippen LogP contribution in [0.25, 0.3) is 0 Å². The number of nitrogens with zero attached hydrogens (tertiary/aromatic N) is 5. The number of methoxy groups -OCH3 is 1. The van der Waals surface area contributed by atoms with Crippen LogP contribution in [0.15, 0.2) is 24.8 Å². The van der Waals surface area contributed by atoms with Crippen LogP contribution in [0.3, 0.4) is 0 Å². The molecule has 2 heterocycles. The van der Waals surface area contributed by atoms with Gasteiger partial charge in [-0.3, -0.25) is 9.78 Å². The summed E-state index contributed by atoms with van der Waals surface area (Å²) in [6.07, 6.45) is 5.56. The fourth-order valence-corrected chi connectivity index (χ4v) is 2.70. The Kier molecular flexibility index (Phi) is 4.47. The SMILES string of the molecule is COc1cncc([C@@H](NC(=O)Cn2ncnn2)C2CC(O)C2)c1. The van der Waals surface area contributed by atoms with Crippen LogP contribution in [0.4, 0.5) is 0 Å². The zero-order chi connectivity index (χ0) is 16.2. The minimum absolute atomic E-state index is 0.0107. The summed E-state index contributed by atoms with van der Waals surface area (Å²) in [5.74, 6) is 0.559. The Morgan fingerprint density at radius 3 is 3.00 bits per heavy atom. The number of hydrogen-bond acceptors (Lipinski definition) is 7. The smallest absolute Gasteiger partial charge is 0.244 e. The number of aromatic nitrogens is 5. The summed E-state index contributed by atoms with van der Waals surface area (Å²) in [5.41, 5.74) is 0.848. The standard InChI is InChI=1S/C14H18N6O3/c1-23-12-4-10(5-15-6-12)14(9-2-11(21)3-9)18-13(22)7-20-17-8-16-19-20/h4-6,8-9,11,14,21H,2-3,7H2,1H3,(H,18,22)/t9?,11?,14-/m0/s1. The third-order valence-electron chi connectivity index (χ3n) is 3.94.